The number of anilines is 1. The van der Waals surface area contributed by atoms with Gasteiger partial charge >= 0.3 is 0 Å². The van der Waals surface area contributed by atoms with Gasteiger partial charge < -0.3 is 24.7 Å². The number of pyridine rings is 2. The van der Waals surface area contributed by atoms with Gasteiger partial charge in [-0.05, 0) is 62.8 Å². The Morgan fingerprint density at radius 1 is 1.23 bits per heavy atom. The first kappa shape index (κ1) is 27.8. The number of carbonyl (C=O) groups is 1. The molecule has 5 rings (SSSR count). The quantitative estimate of drug-likeness (QED) is 0.233. The van der Waals surface area contributed by atoms with Gasteiger partial charge in [-0.1, -0.05) is 32.6 Å². The Hall–Kier alpha value is -2.75. The highest BCUT2D eigenvalue weighted by Crippen LogP contribution is 2.41. The number of nitrogens with zero attached hydrogens (tertiary/aromatic N) is 4. The van der Waals surface area contributed by atoms with Crippen LogP contribution in [-0.4, -0.2) is 46.1 Å². The molecule has 39 heavy (non-hydrogen) atoms. The monoisotopic (exact) mass is 549 g/mol. The Kier molecular flexibility index (Phi) is 7.86. The number of hydrogen-bond donors (Lipinski definition) is 1. The molecule has 1 aliphatic carbocycles. The van der Waals surface area contributed by atoms with Crippen molar-refractivity contribution in [3.05, 3.63) is 52.0 Å². The molecule has 0 bridgehead atoms. The summed E-state index contributed by atoms with van der Waals surface area (Å²) in [7, 11) is -1.25. The third kappa shape index (κ3) is 5.90. The zero-order valence-corrected chi connectivity index (χ0v) is 25.3. The predicted octanol–water partition coefficient (Wildman–Crippen LogP) is 5.98. The van der Waals surface area contributed by atoms with E-state index in [0.29, 0.717) is 49.3 Å². The molecule has 0 spiro atoms. The van der Waals surface area contributed by atoms with Crippen LogP contribution in [0.4, 0.5) is 5.82 Å². The Labute approximate surface area is 232 Å². The first-order chi connectivity index (χ1) is 18.6. The topological polar surface area (TPSA) is 95.5 Å². The number of nitrogens with two attached hydrogens (primary N) is 1. The van der Waals surface area contributed by atoms with Crippen molar-refractivity contribution in [1.29, 1.82) is 0 Å². The van der Waals surface area contributed by atoms with Gasteiger partial charge in [0.25, 0.3) is 5.91 Å². The van der Waals surface area contributed by atoms with Crippen molar-refractivity contribution in [3.8, 4) is 0 Å². The summed E-state index contributed by atoms with van der Waals surface area (Å²) in [5.74, 6) is 1.08. The van der Waals surface area contributed by atoms with Crippen molar-refractivity contribution in [2.75, 3.05) is 12.3 Å². The van der Waals surface area contributed by atoms with Crippen molar-refractivity contribution in [3.63, 3.8) is 0 Å². The van der Waals surface area contributed by atoms with Crippen LogP contribution in [0.5, 0.6) is 0 Å². The zero-order valence-electron chi connectivity index (χ0n) is 24.3. The summed E-state index contributed by atoms with van der Waals surface area (Å²) in [5.41, 5.74) is 13.7. The molecule has 2 aliphatic rings. The van der Waals surface area contributed by atoms with Crippen LogP contribution in [0.25, 0.3) is 11.0 Å². The second-order valence-electron chi connectivity index (χ2n) is 12.4. The second kappa shape index (κ2) is 11.0. The van der Waals surface area contributed by atoms with E-state index in [4.69, 9.17) is 20.2 Å². The summed E-state index contributed by atoms with van der Waals surface area (Å²) in [5, 5.41) is 0. The van der Waals surface area contributed by atoms with E-state index in [2.05, 4.69) is 57.5 Å². The molecule has 210 valence electrons. The fourth-order valence-corrected chi connectivity index (χ4v) is 6.11. The number of fused-ring (bicyclic) bond motifs is 3. The van der Waals surface area contributed by atoms with Crippen LogP contribution in [0.15, 0.2) is 18.2 Å². The summed E-state index contributed by atoms with van der Waals surface area (Å²) in [6, 6.07) is 7.26. The number of aromatic nitrogens is 3. The number of nitrogen functional groups attached to an aromatic ring is 1. The van der Waals surface area contributed by atoms with E-state index in [9.17, 15) is 4.79 Å². The van der Waals surface area contributed by atoms with Gasteiger partial charge in [-0.15, -0.1) is 0 Å². The van der Waals surface area contributed by atoms with Gasteiger partial charge in [0.05, 0.1) is 36.5 Å². The van der Waals surface area contributed by atoms with Crippen molar-refractivity contribution in [2.45, 2.75) is 104 Å². The molecule has 1 amide bonds. The molecular weight excluding hydrogens is 506 g/mol. The summed E-state index contributed by atoms with van der Waals surface area (Å²) in [4.78, 5) is 25.8. The van der Waals surface area contributed by atoms with E-state index in [0.717, 1.165) is 40.5 Å². The van der Waals surface area contributed by atoms with Crippen LogP contribution < -0.4 is 5.73 Å². The highest BCUT2D eigenvalue weighted by atomic mass is 28.3. The molecule has 3 aromatic heterocycles. The van der Waals surface area contributed by atoms with Gasteiger partial charge in [-0.3, -0.25) is 9.78 Å². The van der Waals surface area contributed by atoms with Gasteiger partial charge in [0.2, 0.25) is 0 Å². The Morgan fingerprint density at radius 2 is 1.97 bits per heavy atom. The summed E-state index contributed by atoms with van der Waals surface area (Å²) < 4.78 is 13.9. The van der Waals surface area contributed by atoms with Crippen molar-refractivity contribution >= 4 is 30.8 Å². The van der Waals surface area contributed by atoms with E-state index >= 15 is 0 Å². The molecule has 8 nitrogen and oxygen atoms in total. The van der Waals surface area contributed by atoms with Gasteiger partial charge in [-0.25, -0.2) is 4.98 Å². The maximum Gasteiger partial charge on any atom is 0.271 e. The largest absolute Gasteiger partial charge is 0.383 e. The first-order valence-electron chi connectivity index (χ1n) is 14.3. The lowest BCUT2D eigenvalue weighted by molar-refractivity contribution is 0.0609. The van der Waals surface area contributed by atoms with E-state index in [1.165, 1.54) is 18.4 Å². The van der Waals surface area contributed by atoms with Crippen LogP contribution in [0, 0.1) is 6.92 Å². The fraction of sp³-hybridized carbons (Fsp3) is 0.567. The van der Waals surface area contributed by atoms with Crippen molar-refractivity contribution in [2.24, 2.45) is 0 Å². The molecule has 1 atom stereocenters. The number of aryl methyl sites for hydroxylation is 1. The van der Waals surface area contributed by atoms with Crippen LogP contribution in [-0.2, 0) is 36.0 Å². The van der Waals surface area contributed by atoms with Crippen LogP contribution in [0.3, 0.4) is 0 Å². The lowest BCUT2D eigenvalue weighted by Gasteiger charge is -2.29. The van der Waals surface area contributed by atoms with Gasteiger partial charge in [0, 0.05) is 37.5 Å². The number of carbonyl (C=O) groups excluding carboxylic acids is 1. The highest BCUT2D eigenvalue weighted by molar-refractivity contribution is 6.76. The maximum absolute atomic E-state index is 14.3. The fourth-order valence-electron chi connectivity index (χ4n) is 5.36. The molecule has 0 saturated heterocycles. The Balaban J connectivity index is 1.50. The minimum Gasteiger partial charge on any atom is -0.383 e. The van der Waals surface area contributed by atoms with Crippen molar-refractivity contribution in [1.82, 2.24) is 19.4 Å². The Bertz CT molecular complexity index is 1380. The molecule has 1 aliphatic heterocycles. The molecule has 0 radical (unpaired) electrons. The number of rotatable bonds is 11. The lowest BCUT2D eigenvalue weighted by Crippen LogP contribution is -2.39. The van der Waals surface area contributed by atoms with E-state index in [1.807, 2.05) is 15.5 Å². The zero-order chi connectivity index (χ0) is 27.9. The lowest BCUT2D eigenvalue weighted by atomic mass is 10.1. The van der Waals surface area contributed by atoms with Gasteiger partial charge in [-0.2, -0.15) is 0 Å². The van der Waals surface area contributed by atoms with Gasteiger partial charge in [0.15, 0.2) is 0 Å². The maximum atomic E-state index is 14.3. The van der Waals surface area contributed by atoms with Crippen LogP contribution >= 0.6 is 0 Å². The molecule has 1 fully saturated rings. The Morgan fingerprint density at radius 3 is 2.64 bits per heavy atom. The number of hydrogen-bond acceptors (Lipinski definition) is 6. The molecule has 2 N–H and O–H groups in total. The summed E-state index contributed by atoms with van der Waals surface area (Å²) in [6.07, 6.45) is 3.33. The average Bonchev–Trinajstić information content (AvgIpc) is 3.48. The van der Waals surface area contributed by atoms with E-state index < -0.39 is 8.07 Å². The summed E-state index contributed by atoms with van der Waals surface area (Å²) in [6.45, 7) is 15.6. The smallest absolute Gasteiger partial charge is 0.271 e. The van der Waals surface area contributed by atoms with Gasteiger partial charge in [0.1, 0.15) is 18.2 Å². The predicted molar refractivity (Wildman–Crippen MR) is 157 cm³/mol. The number of ether oxygens (including phenoxy) is 2. The van der Waals surface area contributed by atoms with Crippen molar-refractivity contribution < 1.29 is 14.3 Å². The average molecular weight is 550 g/mol. The minimum atomic E-state index is -1.25. The second-order valence-corrected chi connectivity index (χ2v) is 18.0. The third-order valence-corrected chi connectivity index (χ3v) is 9.83. The number of amides is 1. The molecule has 1 saturated carbocycles. The molecule has 3 aromatic rings. The minimum absolute atomic E-state index is 0.0362. The van der Waals surface area contributed by atoms with Crippen LogP contribution in [0.2, 0.25) is 25.7 Å². The first-order valence-corrected chi connectivity index (χ1v) is 18.0. The molecule has 0 aromatic carbocycles. The molecule has 4 heterocycles. The molecule has 0 unspecified atom stereocenters. The molecular formula is C30H43N5O3Si. The van der Waals surface area contributed by atoms with Crippen LogP contribution in [0.1, 0.15) is 77.6 Å². The summed E-state index contributed by atoms with van der Waals surface area (Å²) >= 11 is 0. The molecule has 9 heteroatoms. The highest BCUT2D eigenvalue weighted by Gasteiger charge is 2.30. The normalized spacial score (nSPS) is 16.1. The SMILES string of the molecule is CC[C@@H](C)N(Cc1ccc(C2CC2)c(C)n1)C(=O)c1cc2nc(N)c3c(c2n1COCC[Si](C)(C)C)COC3. The van der Waals surface area contributed by atoms with E-state index in [-0.39, 0.29) is 18.7 Å². The van der Waals surface area contributed by atoms with E-state index in [1.54, 1.807) is 0 Å². The third-order valence-electron chi connectivity index (χ3n) is 8.12. The standard InChI is InChI=1S/C30H43N5O3Si/c1-7-19(2)34(15-22-10-11-23(20(3)32-22)21-8-9-21)30(36)27-14-26-28(24-16-38-17-25(24)29(31)33-26)35(27)18-37-12-13-39(4,5)6/h10-11,14,19,21H,7-9,12-13,15-18H2,1-6H3,(H2,31,33)/t19-/m1/s1.